The Kier molecular flexibility index (Phi) is 8.47. The minimum Gasteiger partial charge on any atom is -0.383 e. The highest BCUT2D eigenvalue weighted by Crippen LogP contribution is 2.03. The SMILES string of the molecule is COCCN(CCCc1ccccc1)CCOC. The number of benzene rings is 1. The van der Waals surface area contributed by atoms with Crippen molar-refractivity contribution >= 4 is 0 Å². The summed E-state index contributed by atoms with van der Waals surface area (Å²) in [6.45, 7) is 4.63. The molecule has 0 amide bonds. The summed E-state index contributed by atoms with van der Waals surface area (Å²) in [5.41, 5.74) is 1.41. The Labute approximate surface area is 111 Å². The highest BCUT2D eigenvalue weighted by atomic mass is 16.5. The number of hydrogen-bond donors (Lipinski definition) is 0. The third-order valence-corrected chi connectivity index (χ3v) is 3.01. The summed E-state index contributed by atoms with van der Waals surface area (Å²) in [6, 6.07) is 10.6. The van der Waals surface area contributed by atoms with Gasteiger partial charge in [-0.25, -0.2) is 0 Å². The molecule has 0 fully saturated rings. The fourth-order valence-electron chi connectivity index (χ4n) is 1.93. The van der Waals surface area contributed by atoms with Gasteiger partial charge in [0.1, 0.15) is 0 Å². The molecule has 0 saturated carbocycles. The first-order valence-corrected chi connectivity index (χ1v) is 6.61. The van der Waals surface area contributed by atoms with Crippen LogP contribution in [0.2, 0.25) is 0 Å². The van der Waals surface area contributed by atoms with E-state index in [1.54, 1.807) is 14.2 Å². The fourth-order valence-corrected chi connectivity index (χ4v) is 1.93. The molecule has 0 bridgehead atoms. The maximum atomic E-state index is 5.13. The largest absolute Gasteiger partial charge is 0.383 e. The van der Waals surface area contributed by atoms with E-state index < -0.39 is 0 Å². The van der Waals surface area contributed by atoms with Crippen LogP contribution in [-0.4, -0.2) is 52.0 Å². The Morgan fingerprint density at radius 1 is 0.889 bits per heavy atom. The molecular weight excluding hydrogens is 226 g/mol. The first-order chi connectivity index (χ1) is 8.86. The van der Waals surface area contributed by atoms with Gasteiger partial charge in [0.05, 0.1) is 13.2 Å². The second-order valence-electron chi connectivity index (χ2n) is 4.42. The summed E-state index contributed by atoms with van der Waals surface area (Å²) in [6.07, 6.45) is 2.31. The lowest BCUT2D eigenvalue weighted by atomic mass is 10.1. The molecule has 0 aromatic heterocycles. The standard InChI is InChI=1S/C15H25NO2/c1-17-13-11-16(12-14-18-2)10-6-9-15-7-4-3-5-8-15/h3-5,7-8H,6,9-14H2,1-2H3. The number of ether oxygens (including phenoxy) is 2. The van der Waals surface area contributed by atoms with Crippen LogP contribution in [0.5, 0.6) is 0 Å². The zero-order chi connectivity index (χ0) is 13.1. The van der Waals surface area contributed by atoms with Crippen molar-refractivity contribution in [2.75, 3.05) is 47.1 Å². The van der Waals surface area contributed by atoms with Gasteiger partial charge in [-0.05, 0) is 24.9 Å². The summed E-state index contributed by atoms with van der Waals surface area (Å²) in [5, 5.41) is 0. The van der Waals surface area contributed by atoms with E-state index in [1.807, 2.05) is 0 Å². The summed E-state index contributed by atoms with van der Waals surface area (Å²) in [5.74, 6) is 0. The average Bonchev–Trinajstić information content (AvgIpc) is 2.42. The normalized spacial score (nSPS) is 11.1. The molecule has 0 aliphatic carbocycles. The van der Waals surface area contributed by atoms with Crippen molar-refractivity contribution in [2.45, 2.75) is 12.8 Å². The molecule has 0 heterocycles. The lowest BCUT2D eigenvalue weighted by Gasteiger charge is -2.21. The van der Waals surface area contributed by atoms with Crippen LogP contribution in [0.4, 0.5) is 0 Å². The van der Waals surface area contributed by atoms with Crippen LogP contribution in [0.3, 0.4) is 0 Å². The lowest BCUT2D eigenvalue weighted by Crippen LogP contribution is -2.31. The van der Waals surface area contributed by atoms with Gasteiger partial charge in [-0.3, -0.25) is 4.90 Å². The van der Waals surface area contributed by atoms with Crippen molar-refractivity contribution in [2.24, 2.45) is 0 Å². The molecule has 0 spiro atoms. The molecule has 0 aliphatic heterocycles. The first kappa shape index (κ1) is 15.2. The molecule has 0 atom stereocenters. The van der Waals surface area contributed by atoms with Crippen molar-refractivity contribution in [1.82, 2.24) is 4.90 Å². The molecule has 0 N–H and O–H groups in total. The van der Waals surface area contributed by atoms with Crippen LogP contribution in [-0.2, 0) is 15.9 Å². The van der Waals surface area contributed by atoms with Gasteiger partial charge in [0.15, 0.2) is 0 Å². The number of rotatable bonds is 10. The van der Waals surface area contributed by atoms with E-state index in [1.165, 1.54) is 12.0 Å². The topological polar surface area (TPSA) is 21.7 Å². The zero-order valence-electron chi connectivity index (χ0n) is 11.6. The van der Waals surface area contributed by atoms with Gasteiger partial charge in [-0.15, -0.1) is 0 Å². The van der Waals surface area contributed by atoms with Gasteiger partial charge in [-0.2, -0.15) is 0 Å². The number of aryl methyl sites for hydroxylation is 1. The molecule has 1 aromatic carbocycles. The number of nitrogens with zero attached hydrogens (tertiary/aromatic N) is 1. The van der Waals surface area contributed by atoms with E-state index in [2.05, 4.69) is 35.2 Å². The minimum absolute atomic E-state index is 0.787. The van der Waals surface area contributed by atoms with Crippen molar-refractivity contribution < 1.29 is 9.47 Å². The van der Waals surface area contributed by atoms with Crippen LogP contribution in [0.15, 0.2) is 30.3 Å². The second kappa shape index (κ2) is 10.1. The average molecular weight is 251 g/mol. The molecule has 0 unspecified atom stereocenters. The Morgan fingerprint density at radius 3 is 2.06 bits per heavy atom. The van der Waals surface area contributed by atoms with E-state index in [0.717, 1.165) is 39.3 Å². The van der Waals surface area contributed by atoms with E-state index in [0.29, 0.717) is 0 Å². The van der Waals surface area contributed by atoms with Gasteiger partial charge >= 0.3 is 0 Å². The van der Waals surface area contributed by atoms with Crippen LogP contribution in [0, 0.1) is 0 Å². The summed E-state index contributed by atoms with van der Waals surface area (Å²) in [7, 11) is 3.50. The maximum Gasteiger partial charge on any atom is 0.0589 e. The van der Waals surface area contributed by atoms with E-state index in [-0.39, 0.29) is 0 Å². The lowest BCUT2D eigenvalue weighted by molar-refractivity contribution is 0.113. The Morgan fingerprint density at radius 2 is 1.50 bits per heavy atom. The highest BCUT2D eigenvalue weighted by molar-refractivity contribution is 5.14. The van der Waals surface area contributed by atoms with Crippen LogP contribution in [0.25, 0.3) is 0 Å². The monoisotopic (exact) mass is 251 g/mol. The third-order valence-electron chi connectivity index (χ3n) is 3.01. The quantitative estimate of drug-likeness (QED) is 0.636. The molecule has 3 heteroatoms. The molecule has 102 valence electrons. The number of methoxy groups -OCH3 is 2. The van der Waals surface area contributed by atoms with Gasteiger partial charge in [0.25, 0.3) is 0 Å². The van der Waals surface area contributed by atoms with E-state index >= 15 is 0 Å². The molecule has 0 radical (unpaired) electrons. The Balaban J connectivity index is 2.23. The predicted octanol–water partition coefficient (Wildman–Crippen LogP) is 2.21. The highest BCUT2D eigenvalue weighted by Gasteiger charge is 2.04. The zero-order valence-corrected chi connectivity index (χ0v) is 11.6. The molecule has 3 nitrogen and oxygen atoms in total. The summed E-state index contributed by atoms with van der Waals surface area (Å²) < 4.78 is 10.3. The van der Waals surface area contributed by atoms with Crippen molar-refractivity contribution in [3.63, 3.8) is 0 Å². The predicted molar refractivity (Wildman–Crippen MR) is 75.0 cm³/mol. The van der Waals surface area contributed by atoms with Gasteiger partial charge < -0.3 is 9.47 Å². The minimum atomic E-state index is 0.787. The Hall–Kier alpha value is -0.900. The summed E-state index contributed by atoms with van der Waals surface area (Å²) in [4.78, 5) is 2.40. The second-order valence-corrected chi connectivity index (χ2v) is 4.42. The smallest absolute Gasteiger partial charge is 0.0589 e. The van der Waals surface area contributed by atoms with E-state index in [9.17, 15) is 0 Å². The molecule has 1 rings (SSSR count). The van der Waals surface area contributed by atoms with Gasteiger partial charge in [-0.1, -0.05) is 30.3 Å². The van der Waals surface area contributed by atoms with E-state index in [4.69, 9.17) is 9.47 Å². The van der Waals surface area contributed by atoms with Crippen LogP contribution < -0.4 is 0 Å². The fraction of sp³-hybridized carbons (Fsp3) is 0.600. The maximum absolute atomic E-state index is 5.13. The summed E-state index contributed by atoms with van der Waals surface area (Å²) >= 11 is 0. The molecule has 18 heavy (non-hydrogen) atoms. The van der Waals surface area contributed by atoms with Gasteiger partial charge in [0, 0.05) is 27.3 Å². The van der Waals surface area contributed by atoms with Crippen molar-refractivity contribution in [1.29, 1.82) is 0 Å². The van der Waals surface area contributed by atoms with Crippen LogP contribution >= 0.6 is 0 Å². The molecular formula is C15H25NO2. The van der Waals surface area contributed by atoms with Crippen molar-refractivity contribution in [3.05, 3.63) is 35.9 Å². The number of hydrogen-bond acceptors (Lipinski definition) is 3. The molecule has 0 saturated heterocycles. The first-order valence-electron chi connectivity index (χ1n) is 6.61. The third kappa shape index (κ3) is 6.74. The molecule has 1 aromatic rings. The van der Waals surface area contributed by atoms with Crippen molar-refractivity contribution in [3.8, 4) is 0 Å². The van der Waals surface area contributed by atoms with Crippen LogP contribution in [0.1, 0.15) is 12.0 Å². The van der Waals surface area contributed by atoms with Gasteiger partial charge in [0.2, 0.25) is 0 Å². The Bertz CT molecular complexity index is 282. The molecule has 0 aliphatic rings.